The fraction of sp³-hybridized carbons (Fsp3) is 0.409. The molecular weight excluding hydrogens is 333 g/mol. The summed E-state index contributed by atoms with van der Waals surface area (Å²) in [4.78, 5) is 4.66. The Morgan fingerprint density at radius 1 is 1.20 bits per heavy atom. The van der Waals surface area contributed by atoms with Crippen molar-refractivity contribution in [1.29, 1.82) is 0 Å². The molecule has 3 rings (SSSR count). The summed E-state index contributed by atoms with van der Waals surface area (Å²) in [5.74, 6) is 0.177. The number of rotatable bonds is 5. The van der Waals surface area contributed by atoms with Crippen LogP contribution >= 0.6 is 11.6 Å². The number of nitrogens with zero attached hydrogens (tertiary/aromatic N) is 1. The van der Waals surface area contributed by atoms with Gasteiger partial charge in [-0.15, -0.1) is 0 Å². The molecule has 1 atom stereocenters. The molecule has 0 spiro atoms. The summed E-state index contributed by atoms with van der Waals surface area (Å²) in [6.45, 7) is 4.13. The third kappa shape index (κ3) is 3.95. The highest BCUT2D eigenvalue weighted by molar-refractivity contribution is 6.32. The van der Waals surface area contributed by atoms with Crippen LogP contribution in [0, 0.1) is 5.82 Å². The highest BCUT2D eigenvalue weighted by Crippen LogP contribution is 2.38. The van der Waals surface area contributed by atoms with Crippen LogP contribution in [0.2, 0.25) is 5.02 Å². The normalized spacial score (nSPS) is 17.4. The van der Waals surface area contributed by atoms with E-state index >= 15 is 0 Å². The van der Waals surface area contributed by atoms with E-state index in [4.69, 9.17) is 11.6 Å². The van der Waals surface area contributed by atoms with Gasteiger partial charge in [-0.3, -0.25) is 4.98 Å². The highest BCUT2D eigenvalue weighted by atomic mass is 35.5. The van der Waals surface area contributed by atoms with E-state index in [0.717, 1.165) is 48.9 Å². The third-order valence-corrected chi connectivity index (χ3v) is 5.47. The zero-order chi connectivity index (χ0) is 17.8. The van der Waals surface area contributed by atoms with Gasteiger partial charge in [-0.25, -0.2) is 4.39 Å². The van der Waals surface area contributed by atoms with Crippen LogP contribution in [0.5, 0.6) is 0 Å². The van der Waals surface area contributed by atoms with Gasteiger partial charge in [0.2, 0.25) is 0 Å². The third-order valence-electron chi connectivity index (χ3n) is 5.10. The first kappa shape index (κ1) is 18.1. The predicted octanol–water partition coefficient (Wildman–Crippen LogP) is 6.74. The average Bonchev–Trinajstić information content (AvgIpc) is 2.65. The van der Waals surface area contributed by atoms with E-state index < -0.39 is 0 Å². The Balaban J connectivity index is 1.75. The molecule has 1 unspecified atom stereocenters. The van der Waals surface area contributed by atoms with Crippen molar-refractivity contribution in [3.63, 3.8) is 0 Å². The van der Waals surface area contributed by atoms with E-state index in [2.05, 4.69) is 30.1 Å². The maximum absolute atomic E-state index is 14.3. The van der Waals surface area contributed by atoms with Crippen molar-refractivity contribution in [3.8, 4) is 0 Å². The summed E-state index contributed by atoms with van der Waals surface area (Å²) >= 11 is 6.28. The zero-order valence-corrected chi connectivity index (χ0v) is 15.7. The zero-order valence-electron chi connectivity index (χ0n) is 15.0. The topological polar surface area (TPSA) is 12.9 Å². The fourth-order valence-corrected chi connectivity index (χ4v) is 3.88. The summed E-state index contributed by atoms with van der Waals surface area (Å²) in [5, 5.41) is 0.270. The first-order valence-electron chi connectivity index (χ1n) is 9.25. The smallest absolute Gasteiger partial charge is 0.145 e. The minimum absolute atomic E-state index is 0.266. The number of aromatic nitrogens is 1. The Bertz CT molecular complexity index is 764. The number of pyridine rings is 1. The summed E-state index contributed by atoms with van der Waals surface area (Å²) in [5.41, 5.74) is 5.15. The molecular formula is C22H25ClFN. The monoisotopic (exact) mass is 357 g/mol. The van der Waals surface area contributed by atoms with Gasteiger partial charge < -0.3 is 0 Å². The van der Waals surface area contributed by atoms with Gasteiger partial charge >= 0.3 is 0 Å². The van der Waals surface area contributed by atoms with Gasteiger partial charge in [-0.05, 0) is 60.4 Å². The molecule has 0 fully saturated rings. The number of halogens is 2. The van der Waals surface area contributed by atoms with Crippen LogP contribution in [-0.2, 0) is 12.8 Å². The van der Waals surface area contributed by atoms with Gasteiger partial charge in [-0.2, -0.15) is 0 Å². The number of allylic oxidation sites excluding steroid dienone is 2. The summed E-state index contributed by atoms with van der Waals surface area (Å²) in [7, 11) is 0. The molecule has 2 aromatic rings. The Labute approximate surface area is 154 Å². The molecule has 0 amide bonds. The average molecular weight is 358 g/mol. The second kappa shape index (κ2) is 8.14. The van der Waals surface area contributed by atoms with Crippen molar-refractivity contribution < 1.29 is 4.39 Å². The van der Waals surface area contributed by atoms with E-state index in [1.165, 1.54) is 5.56 Å². The molecule has 0 radical (unpaired) electrons. The van der Waals surface area contributed by atoms with Crippen LogP contribution < -0.4 is 0 Å². The van der Waals surface area contributed by atoms with Gasteiger partial charge in [0.25, 0.3) is 0 Å². The van der Waals surface area contributed by atoms with Crippen LogP contribution in [-0.4, -0.2) is 4.98 Å². The molecule has 25 heavy (non-hydrogen) atoms. The largest absolute Gasteiger partial charge is 0.261 e. The Kier molecular flexibility index (Phi) is 5.90. The molecule has 1 aliphatic carbocycles. The summed E-state index contributed by atoms with van der Waals surface area (Å²) < 4.78 is 14.3. The quantitative estimate of drug-likeness (QED) is 0.577. The van der Waals surface area contributed by atoms with Crippen molar-refractivity contribution in [3.05, 3.63) is 69.8 Å². The second-order valence-corrected chi connectivity index (χ2v) is 7.17. The maximum Gasteiger partial charge on any atom is 0.145 e. The van der Waals surface area contributed by atoms with Crippen molar-refractivity contribution in [2.75, 3.05) is 0 Å². The van der Waals surface area contributed by atoms with Gasteiger partial charge in [0.05, 0.1) is 5.02 Å². The lowest BCUT2D eigenvalue weighted by molar-refractivity contribution is 0.603. The molecule has 1 heterocycles. The van der Waals surface area contributed by atoms with Gasteiger partial charge in [0.1, 0.15) is 5.82 Å². The molecule has 0 bridgehead atoms. The van der Waals surface area contributed by atoms with Gasteiger partial charge in [-0.1, -0.05) is 56.1 Å². The Morgan fingerprint density at radius 3 is 2.64 bits per heavy atom. The molecule has 3 heteroatoms. The van der Waals surface area contributed by atoms with E-state index in [9.17, 15) is 4.39 Å². The Hall–Kier alpha value is -1.67. The van der Waals surface area contributed by atoms with Crippen molar-refractivity contribution in [2.24, 2.45) is 0 Å². The van der Waals surface area contributed by atoms with Gasteiger partial charge in [0, 0.05) is 17.8 Å². The van der Waals surface area contributed by atoms with E-state index in [1.54, 1.807) is 0 Å². The molecule has 1 aromatic heterocycles. The first-order chi connectivity index (χ1) is 12.1. The molecule has 0 saturated heterocycles. The van der Waals surface area contributed by atoms with E-state index in [-0.39, 0.29) is 10.8 Å². The van der Waals surface area contributed by atoms with Crippen molar-refractivity contribution >= 4 is 17.2 Å². The van der Waals surface area contributed by atoms with E-state index in [1.807, 2.05) is 25.3 Å². The SMILES string of the molecule is CCCc1ccc(C2CC=C(c3ccc(CC)c(F)c3Cl)CC2)nc1. The van der Waals surface area contributed by atoms with Crippen LogP contribution in [0.15, 0.2) is 36.5 Å². The lowest BCUT2D eigenvalue weighted by atomic mass is 9.84. The molecule has 0 saturated carbocycles. The van der Waals surface area contributed by atoms with Crippen LogP contribution in [0.25, 0.3) is 5.57 Å². The number of hydrogen-bond acceptors (Lipinski definition) is 1. The number of benzene rings is 1. The molecule has 132 valence electrons. The molecule has 0 N–H and O–H groups in total. The van der Waals surface area contributed by atoms with Gasteiger partial charge in [0.15, 0.2) is 0 Å². The lowest BCUT2D eigenvalue weighted by Gasteiger charge is -2.23. The Morgan fingerprint density at radius 2 is 2.04 bits per heavy atom. The summed E-state index contributed by atoms with van der Waals surface area (Å²) in [6.07, 6.45) is 9.98. The second-order valence-electron chi connectivity index (χ2n) is 6.80. The van der Waals surface area contributed by atoms with Crippen LogP contribution in [0.4, 0.5) is 4.39 Å². The minimum Gasteiger partial charge on any atom is -0.261 e. The standard InChI is InChI=1S/C22H25ClFN/c1-3-5-15-6-13-20(25-14-15)18-9-7-17(8-10-18)19-12-11-16(4-2)22(24)21(19)23/h6-7,11-14,18H,3-5,8-10H2,1-2H3. The molecule has 1 aliphatic rings. The lowest BCUT2D eigenvalue weighted by Crippen LogP contribution is -2.07. The first-order valence-corrected chi connectivity index (χ1v) is 9.62. The highest BCUT2D eigenvalue weighted by Gasteiger charge is 2.21. The fourth-order valence-electron chi connectivity index (χ4n) is 3.57. The predicted molar refractivity (Wildman–Crippen MR) is 104 cm³/mol. The van der Waals surface area contributed by atoms with Crippen LogP contribution in [0.3, 0.4) is 0 Å². The number of aryl methyl sites for hydroxylation is 2. The summed E-state index contributed by atoms with van der Waals surface area (Å²) in [6, 6.07) is 8.18. The van der Waals surface area contributed by atoms with E-state index in [0.29, 0.717) is 17.9 Å². The minimum atomic E-state index is -0.266. The molecule has 1 aromatic carbocycles. The van der Waals surface area contributed by atoms with Crippen molar-refractivity contribution in [2.45, 2.75) is 58.3 Å². The molecule has 0 aliphatic heterocycles. The molecule has 1 nitrogen and oxygen atoms in total. The van der Waals surface area contributed by atoms with Crippen LogP contribution in [0.1, 0.15) is 67.8 Å². The van der Waals surface area contributed by atoms with Crippen molar-refractivity contribution in [1.82, 2.24) is 4.98 Å². The number of hydrogen-bond donors (Lipinski definition) is 0. The maximum atomic E-state index is 14.3.